The summed E-state index contributed by atoms with van der Waals surface area (Å²) in [6, 6.07) is 4.27. The summed E-state index contributed by atoms with van der Waals surface area (Å²) in [7, 11) is 0. The molecule has 0 unspecified atom stereocenters. The van der Waals surface area contributed by atoms with Crippen molar-refractivity contribution in [2.75, 3.05) is 0 Å². The summed E-state index contributed by atoms with van der Waals surface area (Å²) in [5.41, 5.74) is 0.117. The second-order valence-corrected chi connectivity index (χ2v) is 5.14. The molecule has 1 aromatic rings. The van der Waals surface area contributed by atoms with E-state index < -0.39 is 23.7 Å². The van der Waals surface area contributed by atoms with Gasteiger partial charge in [-0.15, -0.1) is 0 Å². The summed E-state index contributed by atoms with van der Waals surface area (Å²) in [6.45, 7) is 5.63. The Bertz CT molecular complexity index is 679. The van der Waals surface area contributed by atoms with Gasteiger partial charge in [0.25, 0.3) is 0 Å². The highest BCUT2D eigenvalue weighted by atomic mass is 19.4. The van der Waals surface area contributed by atoms with Crippen LogP contribution in [0.15, 0.2) is 41.4 Å². The van der Waals surface area contributed by atoms with Crippen molar-refractivity contribution < 1.29 is 32.2 Å². The van der Waals surface area contributed by atoms with E-state index in [2.05, 4.69) is 0 Å². The minimum atomic E-state index is -4.44. The maximum Gasteiger partial charge on any atom is 0.416 e. The van der Waals surface area contributed by atoms with Gasteiger partial charge in [-0.25, -0.2) is 0 Å². The highest BCUT2D eigenvalue weighted by Gasteiger charge is 2.29. The van der Waals surface area contributed by atoms with Crippen LogP contribution in [-0.2, 0) is 25.2 Å². The molecule has 0 bridgehead atoms. The average molecular weight is 342 g/mol. The molecule has 0 amide bonds. The highest BCUT2D eigenvalue weighted by Crippen LogP contribution is 2.30. The van der Waals surface area contributed by atoms with Gasteiger partial charge in [0.05, 0.1) is 5.56 Å². The number of carbonyl (C=O) groups is 2. The van der Waals surface area contributed by atoms with Gasteiger partial charge in [-0.3, -0.25) is 9.59 Å². The van der Waals surface area contributed by atoms with E-state index in [0.717, 1.165) is 19.1 Å². The van der Waals surface area contributed by atoms with Crippen molar-refractivity contribution in [1.82, 2.24) is 0 Å². The second kappa shape index (κ2) is 7.81. The van der Waals surface area contributed by atoms with Gasteiger partial charge in [0.1, 0.15) is 0 Å². The second-order valence-electron chi connectivity index (χ2n) is 5.14. The molecular formula is C17H17F3O4. The van der Waals surface area contributed by atoms with Gasteiger partial charge in [0.2, 0.25) is 0 Å². The summed E-state index contributed by atoms with van der Waals surface area (Å²) in [6.07, 6.45) is -3.11. The summed E-state index contributed by atoms with van der Waals surface area (Å²) in [4.78, 5) is 22.5. The minimum absolute atomic E-state index is 0.0394. The van der Waals surface area contributed by atoms with E-state index in [1.54, 1.807) is 13.8 Å². The Kier molecular flexibility index (Phi) is 6.34. The Labute approximate surface area is 137 Å². The average Bonchev–Trinajstić information content (AvgIpc) is 2.42. The van der Waals surface area contributed by atoms with Gasteiger partial charge >= 0.3 is 18.1 Å². The fraction of sp³-hybridized carbons (Fsp3) is 0.294. The molecule has 1 aromatic carbocycles. The van der Waals surface area contributed by atoms with Crippen LogP contribution < -0.4 is 0 Å². The number of allylic oxidation sites excluding steroid dienone is 1. The van der Waals surface area contributed by atoms with Gasteiger partial charge < -0.3 is 9.47 Å². The maximum absolute atomic E-state index is 12.6. The zero-order valence-electron chi connectivity index (χ0n) is 13.7. The van der Waals surface area contributed by atoms with Crippen molar-refractivity contribution in [2.24, 2.45) is 0 Å². The van der Waals surface area contributed by atoms with Crippen LogP contribution in [0.1, 0.15) is 38.8 Å². The predicted molar refractivity (Wildman–Crippen MR) is 81.3 cm³/mol. The number of hydrogen-bond acceptors (Lipinski definition) is 4. The quantitative estimate of drug-likeness (QED) is 0.460. The number of esters is 2. The van der Waals surface area contributed by atoms with Crippen molar-refractivity contribution in [3.05, 3.63) is 52.5 Å². The van der Waals surface area contributed by atoms with Crippen LogP contribution in [0.25, 0.3) is 6.08 Å². The Balaban J connectivity index is 3.29. The minimum Gasteiger partial charge on any atom is -0.423 e. The van der Waals surface area contributed by atoms with Crippen molar-refractivity contribution in [3.63, 3.8) is 0 Å². The smallest absolute Gasteiger partial charge is 0.416 e. The molecule has 0 aliphatic carbocycles. The maximum atomic E-state index is 12.6. The number of ether oxygens (including phenoxy) is 2. The first-order valence-corrected chi connectivity index (χ1v) is 6.94. The van der Waals surface area contributed by atoms with Crippen LogP contribution in [-0.4, -0.2) is 11.9 Å². The molecule has 0 fully saturated rings. The molecule has 1 rings (SSSR count). The molecule has 7 heteroatoms. The lowest BCUT2D eigenvalue weighted by Gasteiger charge is -2.13. The molecule has 0 saturated carbocycles. The van der Waals surface area contributed by atoms with E-state index in [-0.39, 0.29) is 11.5 Å². The van der Waals surface area contributed by atoms with Crippen molar-refractivity contribution in [3.8, 4) is 0 Å². The third-order valence-corrected chi connectivity index (χ3v) is 2.71. The zero-order valence-corrected chi connectivity index (χ0v) is 13.7. The van der Waals surface area contributed by atoms with E-state index in [0.29, 0.717) is 11.1 Å². The summed E-state index contributed by atoms with van der Waals surface area (Å²) < 4.78 is 47.8. The molecule has 0 heterocycles. The number of benzene rings is 1. The number of halogens is 3. The molecule has 0 aromatic heterocycles. The third-order valence-electron chi connectivity index (χ3n) is 2.71. The number of carbonyl (C=O) groups excluding carboxylic acids is 2. The molecule has 0 aliphatic rings. The molecule has 130 valence electrons. The summed E-state index contributed by atoms with van der Waals surface area (Å²) >= 11 is 0. The van der Waals surface area contributed by atoms with Gasteiger partial charge in [0, 0.05) is 13.8 Å². The van der Waals surface area contributed by atoms with Crippen molar-refractivity contribution in [1.29, 1.82) is 0 Å². The molecular weight excluding hydrogens is 325 g/mol. The first-order chi connectivity index (χ1) is 11.0. The summed E-state index contributed by atoms with van der Waals surface area (Å²) in [5, 5.41) is 0. The molecule has 0 spiro atoms. The fourth-order valence-electron chi connectivity index (χ4n) is 1.76. The number of alkyl halides is 3. The predicted octanol–water partition coefficient (Wildman–Crippen LogP) is 4.47. The molecule has 0 N–H and O–H groups in total. The molecule has 0 radical (unpaired) electrons. The zero-order chi connectivity index (χ0) is 18.5. The number of rotatable bonds is 4. The van der Waals surface area contributed by atoms with Crippen LogP contribution in [0, 0.1) is 0 Å². The van der Waals surface area contributed by atoms with Crippen LogP contribution in [0.3, 0.4) is 0 Å². The van der Waals surface area contributed by atoms with Gasteiger partial charge in [0.15, 0.2) is 11.5 Å². The SMILES string of the molecule is CC(=O)OC(=C(C)C)/C(=C\c1ccc(C(F)(F)F)cc1)OC(C)=O. The van der Waals surface area contributed by atoms with Crippen molar-refractivity contribution in [2.45, 2.75) is 33.9 Å². The molecule has 24 heavy (non-hydrogen) atoms. The largest absolute Gasteiger partial charge is 0.423 e. The van der Waals surface area contributed by atoms with Crippen LogP contribution in [0.2, 0.25) is 0 Å². The van der Waals surface area contributed by atoms with Gasteiger partial charge in [-0.2, -0.15) is 13.2 Å². The van der Waals surface area contributed by atoms with E-state index in [9.17, 15) is 22.8 Å². The third kappa shape index (κ3) is 5.91. The van der Waals surface area contributed by atoms with E-state index in [4.69, 9.17) is 9.47 Å². The normalized spacial score (nSPS) is 11.7. The summed E-state index contributed by atoms with van der Waals surface area (Å²) in [5.74, 6) is -1.29. The lowest BCUT2D eigenvalue weighted by atomic mass is 10.1. The van der Waals surface area contributed by atoms with E-state index >= 15 is 0 Å². The monoisotopic (exact) mass is 342 g/mol. The first-order valence-electron chi connectivity index (χ1n) is 6.94. The van der Waals surface area contributed by atoms with Crippen LogP contribution in [0.4, 0.5) is 13.2 Å². The van der Waals surface area contributed by atoms with Gasteiger partial charge in [-0.1, -0.05) is 12.1 Å². The number of hydrogen-bond donors (Lipinski definition) is 0. The molecule has 0 aliphatic heterocycles. The Hall–Kier alpha value is -2.57. The van der Waals surface area contributed by atoms with E-state index in [1.807, 2.05) is 0 Å². The highest BCUT2D eigenvalue weighted by molar-refractivity contribution is 5.73. The first kappa shape index (κ1) is 19.5. The fourth-order valence-corrected chi connectivity index (χ4v) is 1.76. The Morgan fingerprint density at radius 2 is 1.42 bits per heavy atom. The Morgan fingerprint density at radius 1 is 0.917 bits per heavy atom. The standard InChI is InChI=1S/C17H17F3O4/c1-10(2)16(24-12(4)22)15(23-11(3)21)9-13-5-7-14(8-6-13)17(18,19)20/h5-9H,1-4H3/b15-9+. The molecule has 0 atom stereocenters. The molecule has 0 saturated heterocycles. The lowest BCUT2D eigenvalue weighted by Crippen LogP contribution is -2.09. The van der Waals surface area contributed by atoms with E-state index in [1.165, 1.54) is 25.1 Å². The topological polar surface area (TPSA) is 52.6 Å². The lowest BCUT2D eigenvalue weighted by molar-refractivity contribution is -0.141. The van der Waals surface area contributed by atoms with Crippen LogP contribution >= 0.6 is 0 Å². The van der Waals surface area contributed by atoms with Gasteiger partial charge in [-0.05, 0) is 43.2 Å². The van der Waals surface area contributed by atoms with Crippen molar-refractivity contribution >= 4 is 18.0 Å². The van der Waals surface area contributed by atoms with Crippen LogP contribution in [0.5, 0.6) is 0 Å². The Morgan fingerprint density at radius 3 is 1.79 bits per heavy atom. The molecule has 4 nitrogen and oxygen atoms in total.